The first-order chi connectivity index (χ1) is 15.5. The second-order valence-corrected chi connectivity index (χ2v) is 8.18. The first-order valence-corrected chi connectivity index (χ1v) is 10.8. The normalized spacial score (nSPS) is 10.9. The minimum Gasteiger partial charge on any atom is -0.493 e. The van der Waals surface area contributed by atoms with Crippen LogP contribution in [-0.2, 0) is 13.1 Å². The number of fused-ring (bicyclic) bond motifs is 1. The van der Waals surface area contributed by atoms with Crippen LogP contribution in [0.25, 0.3) is 16.2 Å². The molecule has 0 radical (unpaired) electrons. The van der Waals surface area contributed by atoms with Crippen molar-refractivity contribution < 1.29 is 18.7 Å². The van der Waals surface area contributed by atoms with Crippen LogP contribution in [-0.4, -0.2) is 29.6 Å². The number of aryl methyl sites for hydroxylation is 1. The van der Waals surface area contributed by atoms with E-state index in [1.807, 2.05) is 29.7 Å². The number of methoxy groups -OCH3 is 2. The van der Waals surface area contributed by atoms with Gasteiger partial charge in [-0.2, -0.15) is 0 Å². The van der Waals surface area contributed by atoms with Gasteiger partial charge in [0.25, 0.3) is 0 Å². The lowest BCUT2D eigenvalue weighted by molar-refractivity contribution is 0.240. The number of thiazole rings is 1. The molecule has 0 atom stereocenters. The summed E-state index contributed by atoms with van der Waals surface area (Å²) < 4.78 is 25.7. The van der Waals surface area contributed by atoms with Crippen molar-refractivity contribution in [2.75, 3.05) is 14.2 Å². The predicted octanol–water partition coefficient (Wildman–Crippen LogP) is 4.53. The van der Waals surface area contributed by atoms with Crippen molar-refractivity contribution in [2.45, 2.75) is 20.0 Å². The molecule has 2 heterocycles. The number of nitrogens with zero attached hydrogens (tertiary/aromatic N) is 2. The summed E-state index contributed by atoms with van der Waals surface area (Å²) in [5, 5.41) is 5.73. The molecular formula is C23H23FN4O3S. The molecular weight excluding hydrogens is 431 g/mol. The van der Waals surface area contributed by atoms with E-state index in [0.29, 0.717) is 24.6 Å². The van der Waals surface area contributed by atoms with Crippen LogP contribution in [0.5, 0.6) is 11.5 Å². The molecule has 2 N–H and O–H groups in total. The van der Waals surface area contributed by atoms with E-state index in [1.165, 1.54) is 23.5 Å². The van der Waals surface area contributed by atoms with Crippen molar-refractivity contribution in [2.24, 2.45) is 0 Å². The molecule has 0 saturated heterocycles. The Hall–Kier alpha value is -3.59. The van der Waals surface area contributed by atoms with Gasteiger partial charge in [-0.25, -0.2) is 14.2 Å². The molecule has 9 heteroatoms. The zero-order valence-electron chi connectivity index (χ0n) is 17.9. The van der Waals surface area contributed by atoms with E-state index in [-0.39, 0.29) is 11.8 Å². The van der Waals surface area contributed by atoms with Crippen LogP contribution >= 0.6 is 11.3 Å². The second-order valence-electron chi connectivity index (χ2n) is 7.12. The number of amides is 2. The summed E-state index contributed by atoms with van der Waals surface area (Å²) in [5.74, 6) is 0.981. The van der Waals surface area contributed by atoms with Crippen molar-refractivity contribution in [3.05, 3.63) is 70.6 Å². The molecule has 4 aromatic rings. The van der Waals surface area contributed by atoms with Gasteiger partial charge in [-0.1, -0.05) is 17.4 Å². The van der Waals surface area contributed by atoms with Crippen LogP contribution in [0.15, 0.2) is 48.7 Å². The van der Waals surface area contributed by atoms with Gasteiger partial charge in [0.15, 0.2) is 16.5 Å². The highest BCUT2D eigenvalue weighted by Crippen LogP contribution is 2.28. The first kappa shape index (κ1) is 21.6. The van der Waals surface area contributed by atoms with Crippen LogP contribution in [0.2, 0.25) is 0 Å². The number of imidazole rings is 1. The van der Waals surface area contributed by atoms with Crippen LogP contribution in [0.1, 0.15) is 16.1 Å². The molecule has 32 heavy (non-hydrogen) atoms. The topological polar surface area (TPSA) is 76.9 Å². The van der Waals surface area contributed by atoms with Crippen molar-refractivity contribution in [3.63, 3.8) is 0 Å². The highest BCUT2D eigenvalue weighted by atomic mass is 32.1. The van der Waals surface area contributed by atoms with Crippen molar-refractivity contribution in [1.82, 2.24) is 20.0 Å². The van der Waals surface area contributed by atoms with Crippen LogP contribution in [0, 0.1) is 12.7 Å². The number of hydrogen-bond acceptors (Lipinski definition) is 5. The van der Waals surface area contributed by atoms with E-state index in [4.69, 9.17) is 9.47 Å². The summed E-state index contributed by atoms with van der Waals surface area (Å²) in [6.07, 6.45) is 1.93. The van der Waals surface area contributed by atoms with Crippen LogP contribution in [0.3, 0.4) is 0 Å². The zero-order valence-corrected chi connectivity index (χ0v) is 18.8. The number of nitrogens with one attached hydrogen (secondary N) is 2. The Kier molecular flexibility index (Phi) is 6.27. The fraction of sp³-hybridized carbons (Fsp3) is 0.217. The molecule has 0 bridgehead atoms. The third kappa shape index (κ3) is 4.52. The predicted molar refractivity (Wildman–Crippen MR) is 122 cm³/mol. The fourth-order valence-electron chi connectivity index (χ4n) is 3.31. The number of carbonyl (C=O) groups excluding carboxylic acids is 1. The summed E-state index contributed by atoms with van der Waals surface area (Å²) in [5.41, 5.74) is 3.55. The summed E-state index contributed by atoms with van der Waals surface area (Å²) in [6.45, 7) is 2.74. The number of urea groups is 1. The number of ether oxygens (including phenoxy) is 2. The lowest BCUT2D eigenvalue weighted by atomic mass is 10.2. The maximum Gasteiger partial charge on any atom is 0.315 e. The molecule has 0 saturated carbocycles. The Morgan fingerprint density at radius 2 is 1.78 bits per heavy atom. The van der Waals surface area contributed by atoms with Gasteiger partial charge in [-0.15, -0.1) is 0 Å². The molecule has 4 rings (SSSR count). The number of aromatic nitrogens is 2. The third-order valence-corrected chi connectivity index (χ3v) is 6.26. The maximum absolute atomic E-state index is 13.2. The SMILES string of the molecule is COc1ccc(CNC(=O)NCc2sc3nc(-c4ccc(F)cc4)cn3c2C)cc1OC. The lowest BCUT2D eigenvalue weighted by Crippen LogP contribution is -2.34. The van der Waals surface area contributed by atoms with Gasteiger partial charge in [-0.3, -0.25) is 4.40 Å². The minimum absolute atomic E-state index is 0.266. The molecule has 0 fully saturated rings. The second kappa shape index (κ2) is 9.27. The standard InChI is InChI=1S/C23H23FN4O3S/c1-14-21(32-23-27-18(13-28(14)23)16-5-7-17(24)8-6-16)12-26-22(29)25-11-15-4-9-19(30-2)20(10-15)31-3/h4-10,13H,11-12H2,1-3H3,(H2,25,26,29). The molecule has 0 aliphatic rings. The average molecular weight is 455 g/mol. The first-order valence-electron chi connectivity index (χ1n) is 9.94. The molecule has 0 unspecified atom stereocenters. The number of halogens is 1. The highest BCUT2D eigenvalue weighted by molar-refractivity contribution is 7.17. The number of rotatable bonds is 7. The molecule has 2 aromatic heterocycles. The van der Waals surface area contributed by atoms with E-state index in [0.717, 1.165) is 32.4 Å². The van der Waals surface area contributed by atoms with E-state index in [9.17, 15) is 9.18 Å². The Morgan fingerprint density at radius 3 is 2.47 bits per heavy atom. The smallest absolute Gasteiger partial charge is 0.315 e. The van der Waals surface area contributed by atoms with E-state index < -0.39 is 0 Å². The zero-order chi connectivity index (χ0) is 22.7. The molecule has 0 aliphatic heterocycles. The van der Waals surface area contributed by atoms with Gasteiger partial charge < -0.3 is 20.1 Å². The van der Waals surface area contributed by atoms with E-state index >= 15 is 0 Å². The van der Waals surface area contributed by atoms with Crippen LogP contribution in [0.4, 0.5) is 9.18 Å². The number of benzene rings is 2. The number of hydrogen-bond donors (Lipinski definition) is 2. The Bertz CT molecular complexity index is 1250. The lowest BCUT2D eigenvalue weighted by Gasteiger charge is -2.11. The highest BCUT2D eigenvalue weighted by Gasteiger charge is 2.14. The Balaban J connectivity index is 1.36. The summed E-state index contributed by atoms with van der Waals surface area (Å²) >= 11 is 1.51. The Morgan fingerprint density at radius 1 is 1.06 bits per heavy atom. The molecule has 2 aromatic carbocycles. The van der Waals surface area contributed by atoms with Gasteiger partial charge in [0, 0.05) is 28.9 Å². The van der Waals surface area contributed by atoms with E-state index in [2.05, 4.69) is 15.6 Å². The third-order valence-electron chi connectivity index (χ3n) is 5.10. The average Bonchev–Trinajstić information content (AvgIpc) is 3.35. The van der Waals surface area contributed by atoms with E-state index in [1.54, 1.807) is 32.4 Å². The fourth-order valence-corrected chi connectivity index (χ4v) is 4.36. The molecule has 2 amide bonds. The van der Waals surface area contributed by atoms with Crippen LogP contribution < -0.4 is 20.1 Å². The van der Waals surface area contributed by atoms with Gasteiger partial charge in [0.2, 0.25) is 0 Å². The minimum atomic E-state index is -0.274. The summed E-state index contributed by atoms with van der Waals surface area (Å²) in [4.78, 5) is 18.7. The molecule has 0 spiro atoms. The number of carbonyl (C=O) groups is 1. The van der Waals surface area contributed by atoms with Crippen molar-refractivity contribution in [3.8, 4) is 22.8 Å². The van der Waals surface area contributed by atoms with Gasteiger partial charge in [0.1, 0.15) is 5.82 Å². The molecule has 166 valence electrons. The largest absolute Gasteiger partial charge is 0.493 e. The quantitative estimate of drug-likeness (QED) is 0.430. The summed E-state index contributed by atoms with van der Waals surface area (Å²) in [7, 11) is 3.15. The summed E-state index contributed by atoms with van der Waals surface area (Å²) in [6, 6.07) is 11.5. The van der Waals surface area contributed by atoms with Crippen molar-refractivity contribution in [1.29, 1.82) is 0 Å². The Labute approximate surface area is 188 Å². The molecule has 0 aliphatic carbocycles. The molecule has 7 nitrogen and oxygen atoms in total. The monoisotopic (exact) mass is 454 g/mol. The van der Waals surface area contributed by atoms with Crippen molar-refractivity contribution >= 4 is 22.3 Å². The maximum atomic E-state index is 13.2. The van der Waals surface area contributed by atoms with Gasteiger partial charge in [-0.05, 0) is 48.9 Å². The van der Waals surface area contributed by atoms with Gasteiger partial charge >= 0.3 is 6.03 Å². The van der Waals surface area contributed by atoms with Gasteiger partial charge in [0.05, 0.1) is 26.5 Å².